The first-order valence-corrected chi connectivity index (χ1v) is 30.1. The molecule has 0 aromatic carbocycles. The second kappa shape index (κ2) is 57.9. The van der Waals surface area contributed by atoms with Gasteiger partial charge in [-0.05, 0) is 83.5 Å². The lowest BCUT2D eigenvalue weighted by Crippen LogP contribution is -2.30. The van der Waals surface area contributed by atoms with E-state index in [0.717, 1.165) is 83.5 Å². The Morgan fingerprint density at radius 3 is 0.855 bits per heavy atom. The fourth-order valence-corrected chi connectivity index (χ4v) is 8.74. The molecule has 0 aromatic rings. The van der Waals surface area contributed by atoms with Gasteiger partial charge in [0, 0.05) is 19.3 Å². The van der Waals surface area contributed by atoms with Crippen molar-refractivity contribution < 1.29 is 28.6 Å². The lowest BCUT2D eigenvalue weighted by Gasteiger charge is -2.18. The van der Waals surface area contributed by atoms with Gasteiger partial charge in [0.25, 0.3) is 0 Å². The van der Waals surface area contributed by atoms with Gasteiger partial charge in [-0.2, -0.15) is 0 Å². The first-order valence-electron chi connectivity index (χ1n) is 30.1. The molecule has 0 heterocycles. The van der Waals surface area contributed by atoms with Gasteiger partial charge in [-0.3, -0.25) is 14.4 Å². The van der Waals surface area contributed by atoms with E-state index in [4.69, 9.17) is 14.2 Å². The summed E-state index contributed by atoms with van der Waals surface area (Å²) in [6.45, 7) is 6.63. The molecule has 0 spiro atoms. The van der Waals surface area contributed by atoms with Gasteiger partial charge >= 0.3 is 17.9 Å². The quantitative estimate of drug-likeness (QED) is 0.0262. The number of unbranched alkanes of at least 4 members (excludes halogenated alkanes) is 36. The van der Waals surface area contributed by atoms with Gasteiger partial charge in [0.1, 0.15) is 13.2 Å². The highest BCUT2D eigenvalue weighted by Gasteiger charge is 2.19. The smallest absolute Gasteiger partial charge is 0.306 e. The Balaban J connectivity index is 4.39. The molecule has 0 aliphatic carbocycles. The fraction of sp³-hybridized carbons (Fsp3) is 0.825. The summed E-state index contributed by atoms with van der Waals surface area (Å²) < 4.78 is 16.9. The third-order valence-electron chi connectivity index (χ3n) is 13.3. The Hall–Kier alpha value is -2.63. The maximum atomic E-state index is 12.9. The number of carbonyl (C=O) groups excluding carboxylic acids is 3. The van der Waals surface area contributed by atoms with Gasteiger partial charge < -0.3 is 14.2 Å². The highest BCUT2D eigenvalue weighted by Crippen LogP contribution is 2.16. The van der Waals surface area contributed by atoms with Crippen LogP contribution in [0.3, 0.4) is 0 Å². The number of rotatable bonds is 55. The summed E-state index contributed by atoms with van der Waals surface area (Å²) in [5.74, 6) is -0.888. The third-order valence-corrected chi connectivity index (χ3v) is 13.3. The summed E-state index contributed by atoms with van der Waals surface area (Å²) in [6.07, 6.45) is 71.0. The van der Waals surface area contributed by atoms with E-state index in [0.29, 0.717) is 19.3 Å². The average Bonchev–Trinajstić information content (AvgIpc) is 3.35. The van der Waals surface area contributed by atoms with Crippen LogP contribution in [0.2, 0.25) is 0 Å². The molecule has 402 valence electrons. The van der Waals surface area contributed by atoms with Gasteiger partial charge in [-0.15, -0.1) is 0 Å². The van der Waals surface area contributed by atoms with Crippen LogP contribution >= 0.6 is 0 Å². The highest BCUT2D eigenvalue weighted by molar-refractivity contribution is 5.71. The summed E-state index contributed by atoms with van der Waals surface area (Å²) in [4.78, 5) is 38.2. The number of carbonyl (C=O) groups is 3. The van der Waals surface area contributed by atoms with E-state index in [2.05, 4.69) is 69.4 Å². The Labute approximate surface area is 428 Å². The lowest BCUT2D eigenvalue weighted by atomic mass is 10.0. The Morgan fingerprint density at radius 2 is 0.522 bits per heavy atom. The maximum Gasteiger partial charge on any atom is 0.306 e. The van der Waals surface area contributed by atoms with E-state index in [1.807, 2.05) is 0 Å². The second-order valence-corrected chi connectivity index (χ2v) is 20.3. The van der Waals surface area contributed by atoms with Crippen molar-refractivity contribution in [2.45, 2.75) is 322 Å². The van der Waals surface area contributed by atoms with E-state index in [1.54, 1.807) is 0 Å². The van der Waals surface area contributed by atoms with E-state index < -0.39 is 6.10 Å². The zero-order chi connectivity index (χ0) is 50.0. The lowest BCUT2D eigenvalue weighted by molar-refractivity contribution is -0.167. The van der Waals surface area contributed by atoms with Crippen LogP contribution in [0, 0.1) is 0 Å². The zero-order valence-corrected chi connectivity index (χ0v) is 46.1. The van der Waals surface area contributed by atoms with Crippen LogP contribution in [-0.4, -0.2) is 37.2 Å². The minimum Gasteiger partial charge on any atom is -0.462 e. The monoisotopic (exact) mass is 967 g/mol. The summed E-state index contributed by atoms with van der Waals surface area (Å²) in [7, 11) is 0. The minimum absolute atomic E-state index is 0.0796. The molecule has 0 rings (SSSR count). The fourth-order valence-electron chi connectivity index (χ4n) is 8.74. The van der Waals surface area contributed by atoms with Crippen LogP contribution < -0.4 is 0 Å². The molecule has 6 nitrogen and oxygen atoms in total. The van der Waals surface area contributed by atoms with E-state index in [1.165, 1.54) is 193 Å². The maximum absolute atomic E-state index is 12.9. The molecule has 0 N–H and O–H groups in total. The van der Waals surface area contributed by atoms with Crippen LogP contribution in [0.4, 0.5) is 0 Å². The van der Waals surface area contributed by atoms with Gasteiger partial charge in [-0.1, -0.05) is 262 Å². The van der Waals surface area contributed by atoms with Crippen LogP contribution in [0.25, 0.3) is 0 Å². The second-order valence-electron chi connectivity index (χ2n) is 20.3. The first kappa shape index (κ1) is 66.4. The summed E-state index contributed by atoms with van der Waals surface area (Å²) in [5, 5.41) is 0. The Morgan fingerprint density at radius 1 is 0.290 bits per heavy atom. The Bertz CT molecular complexity index is 1200. The van der Waals surface area contributed by atoms with E-state index >= 15 is 0 Å². The predicted octanol–water partition coefficient (Wildman–Crippen LogP) is 20.2. The van der Waals surface area contributed by atoms with E-state index in [-0.39, 0.29) is 31.1 Å². The normalized spacial score (nSPS) is 12.3. The predicted molar refractivity (Wildman–Crippen MR) is 298 cm³/mol. The van der Waals surface area contributed by atoms with Crippen molar-refractivity contribution in [2.75, 3.05) is 13.2 Å². The summed E-state index contributed by atoms with van der Waals surface area (Å²) >= 11 is 0. The topological polar surface area (TPSA) is 78.9 Å². The molecule has 69 heavy (non-hydrogen) atoms. The molecule has 0 aromatic heterocycles. The average molecular weight is 968 g/mol. The summed E-state index contributed by atoms with van der Waals surface area (Å²) in [6, 6.07) is 0. The van der Waals surface area contributed by atoms with Crippen molar-refractivity contribution in [1.82, 2.24) is 0 Å². The molecule has 0 bridgehead atoms. The summed E-state index contributed by atoms with van der Waals surface area (Å²) in [5.41, 5.74) is 0. The molecule has 0 aliphatic rings. The molecular weight excluding hydrogens is 853 g/mol. The van der Waals surface area contributed by atoms with Crippen LogP contribution in [-0.2, 0) is 28.6 Å². The van der Waals surface area contributed by atoms with Gasteiger partial charge in [0.15, 0.2) is 6.10 Å². The molecule has 0 amide bonds. The molecule has 0 unspecified atom stereocenters. The van der Waals surface area contributed by atoms with Crippen molar-refractivity contribution in [1.29, 1.82) is 0 Å². The number of esters is 3. The zero-order valence-electron chi connectivity index (χ0n) is 46.1. The standard InChI is InChI=1S/C63H114O6/c1-4-7-10-13-16-19-22-25-28-31-34-37-40-43-46-49-52-55-61(64)67-58-60(69-63(66)57-54-51-48-45-42-39-36-33-30-27-24-21-18-15-12-9-6-3)59-68-62(65)56-53-50-47-44-41-38-35-32-29-26-23-20-17-14-11-8-5-2/h16,19,25-26,28-29,34,37,60H,4-15,17-18,20-24,27,30-33,35-36,38-59H2,1-3H3/b19-16-,28-25-,29-26-,37-34-/t60-/m1/s1. The third kappa shape index (κ3) is 56.2. The van der Waals surface area contributed by atoms with Crippen LogP contribution in [0.5, 0.6) is 0 Å². The van der Waals surface area contributed by atoms with Crippen molar-refractivity contribution in [3.63, 3.8) is 0 Å². The van der Waals surface area contributed by atoms with Crippen LogP contribution in [0.1, 0.15) is 316 Å². The first-order chi connectivity index (χ1) is 34.0. The number of hydrogen-bond acceptors (Lipinski definition) is 6. The number of ether oxygens (including phenoxy) is 3. The molecule has 0 saturated heterocycles. The molecule has 0 radical (unpaired) electrons. The van der Waals surface area contributed by atoms with Gasteiger partial charge in [0.05, 0.1) is 0 Å². The van der Waals surface area contributed by atoms with Gasteiger partial charge in [-0.25, -0.2) is 0 Å². The van der Waals surface area contributed by atoms with Crippen molar-refractivity contribution in [3.05, 3.63) is 48.6 Å². The SMILES string of the molecule is CCCCC/C=C\C/C=C\C/C=C\CCCCCCC(=O)OC[C@H](COC(=O)CCCCCCCCC/C=C\CCCCCCCC)OC(=O)CCCCCCCCCCCCCCCCCCC. The molecule has 0 aliphatic heterocycles. The molecule has 0 fully saturated rings. The largest absolute Gasteiger partial charge is 0.462 e. The van der Waals surface area contributed by atoms with Crippen molar-refractivity contribution >= 4 is 17.9 Å². The number of hydrogen-bond donors (Lipinski definition) is 0. The van der Waals surface area contributed by atoms with E-state index in [9.17, 15) is 14.4 Å². The Kier molecular flexibility index (Phi) is 55.7. The minimum atomic E-state index is -0.782. The molecule has 1 atom stereocenters. The molecule has 6 heteroatoms. The molecular formula is C63H114O6. The number of allylic oxidation sites excluding steroid dienone is 8. The molecule has 0 saturated carbocycles. The van der Waals surface area contributed by atoms with Crippen molar-refractivity contribution in [3.8, 4) is 0 Å². The van der Waals surface area contributed by atoms with Crippen molar-refractivity contribution in [2.24, 2.45) is 0 Å². The van der Waals surface area contributed by atoms with Gasteiger partial charge in [0.2, 0.25) is 0 Å². The van der Waals surface area contributed by atoms with Crippen LogP contribution in [0.15, 0.2) is 48.6 Å². The highest BCUT2D eigenvalue weighted by atomic mass is 16.6.